The summed E-state index contributed by atoms with van der Waals surface area (Å²) in [7, 11) is 1.50. The maximum atomic E-state index is 12.4. The molecule has 2 heterocycles. The van der Waals surface area contributed by atoms with E-state index in [1.165, 1.54) is 23.8 Å². The summed E-state index contributed by atoms with van der Waals surface area (Å²) in [6, 6.07) is 8.15. The van der Waals surface area contributed by atoms with Gasteiger partial charge in [-0.2, -0.15) is 0 Å². The zero-order valence-electron chi connectivity index (χ0n) is 13.8. The highest BCUT2D eigenvalue weighted by Gasteiger charge is 2.27. The third-order valence-electron chi connectivity index (χ3n) is 4.57. The number of piperidine rings is 1. The molecular weight excluding hydrogens is 292 g/mol. The van der Waals surface area contributed by atoms with Gasteiger partial charge in [0.15, 0.2) is 0 Å². The first-order valence-electron chi connectivity index (χ1n) is 7.95. The lowest BCUT2D eigenvalue weighted by atomic mass is 9.86. The molecule has 0 bridgehead atoms. The number of methoxy groups -OCH3 is 1. The largest absolute Gasteiger partial charge is 0.479 e. The van der Waals surface area contributed by atoms with Crippen LogP contribution in [-0.4, -0.2) is 36.2 Å². The summed E-state index contributed by atoms with van der Waals surface area (Å²) >= 11 is 0. The van der Waals surface area contributed by atoms with Crippen molar-refractivity contribution in [2.45, 2.75) is 32.6 Å². The van der Waals surface area contributed by atoms with Gasteiger partial charge >= 0.3 is 0 Å². The monoisotopic (exact) mass is 314 g/mol. The molecule has 0 N–H and O–H groups in total. The molecule has 122 valence electrons. The smallest absolute Gasteiger partial charge is 0.292 e. The molecule has 5 nitrogen and oxygen atoms in total. The summed E-state index contributed by atoms with van der Waals surface area (Å²) in [5.74, 6) is 0.981. The molecule has 0 aliphatic carbocycles. The van der Waals surface area contributed by atoms with Gasteiger partial charge in [-0.15, -0.1) is 0 Å². The van der Waals surface area contributed by atoms with Gasteiger partial charge in [0.05, 0.1) is 13.2 Å². The molecule has 0 unspecified atom stereocenters. The highest BCUT2D eigenvalue weighted by Crippen LogP contribution is 2.31. The van der Waals surface area contributed by atoms with E-state index in [0.29, 0.717) is 11.8 Å². The van der Waals surface area contributed by atoms with Gasteiger partial charge in [-0.1, -0.05) is 23.8 Å². The molecule has 0 spiro atoms. The van der Waals surface area contributed by atoms with Crippen molar-refractivity contribution >= 4 is 5.91 Å². The molecule has 0 saturated carbocycles. The Labute approximate surface area is 136 Å². The van der Waals surface area contributed by atoms with Crippen LogP contribution in [0.15, 0.2) is 28.8 Å². The number of hydrogen-bond donors (Lipinski definition) is 0. The number of amides is 1. The van der Waals surface area contributed by atoms with E-state index in [2.05, 4.69) is 37.2 Å². The molecule has 5 heteroatoms. The second-order valence-electron chi connectivity index (χ2n) is 6.16. The molecule has 1 aliphatic rings. The lowest BCUT2D eigenvalue weighted by molar-refractivity contribution is 0.0670. The Hall–Kier alpha value is -2.30. The van der Waals surface area contributed by atoms with Crippen LogP contribution in [0.25, 0.3) is 0 Å². The Balaban J connectivity index is 1.66. The van der Waals surface area contributed by atoms with E-state index < -0.39 is 0 Å². The van der Waals surface area contributed by atoms with Gasteiger partial charge in [-0.25, -0.2) is 0 Å². The van der Waals surface area contributed by atoms with E-state index in [0.717, 1.165) is 25.9 Å². The number of carbonyl (C=O) groups is 1. The summed E-state index contributed by atoms with van der Waals surface area (Å²) < 4.78 is 10.0. The van der Waals surface area contributed by atoms with Crippen molar-refractivity contribution in [3.05, 3.63) is 46.7 Å². The second kappa shape index (κ2) is 6.44. The summed E-state index contributed by atoms with van der Waals surface area (Å²) in [5, 5.41) is 3.69. The standard InChI is InChI=1S/C18H22N2O3/c1-12-4-5-13(2)15(10-12)14-6-8-20(9-7-14)18(21)16-11-17(22-3)19-23-16/h4-5,10-11,14H,6-9H2,1-3H3. The van der Waals surface area contributed by atoms with Crippen LogP contribution in [0.2, 0.25) is 0 Å². The highest BCUT2D eigenvalue weighted by atomic mass is 16.5. The number of likely N-dealkylation sites (tertiary alicyclic amines) is 1. The lowest BCUT2D eigenvalue weighted by Crippen LogP contribution is -2.37. The highest BCUT2D eigenvalue weighted by molar-refractivity contribution is 5.91. The Morgan fingerprint density at radius 3 is 2.65 bits per heavy atom. The Morgan fingerprint density at radius 2 is 2.00 bits per heavy atom. The predicted octanol–water partition coefficient (Wildman–Crippen LogP) is 3.32. The van der Waals surface area contributed by atoms with E-state index in [1.807, 2.05) is 4.90 Å². The molecule has 1 saturated heterocycles. The van der Waals surface area contributed by atoms with Crippen molar-refractivity contribution in [3.63, 3.8) is 0 Å². The third-order valence-corrected chi connectivity index (χ3v) is 4.57. The maximum Gasteiger partial charge on any atom is 0.292 e. The van der Waals surface area contributed by atoms with E-state index in [4.69, 9.17) is 9.26 Å². The van der Waals surface area contributed by atoms with Gasteiger partial charge in [0.25, 0.3) is 11.8 Å². The van der Waals surface area contributed by atoms with Gasteiger partial charge in [-0.3, -0.25) is 4.79 Å². The van der Waals surface area contributed by atoms with Crippen LogP contribution in [0.3, 0.4) is 0 Å². The first kappa shape index (κ1) is 15.6. The van der Waals surface area contributed by atoms with Crippen molar-refractivity contribution < 1.29 is 14.1 Å². The molecule has 23 heavy (non-hydrogen) atoms. The number of carbonyl (C=O) groups excluding carboxylic acids is 1. The molecule has 1 fully saturated rings. The maximum absolute atomic E-state index is 12.4. The van der Waals surface area contributed by atoms with Crippen LogP contribution in [0.1, 0.15) is 46.0 Å². The van der Waals surface area contributed by atoms with Gasteiger partial charge < -0.3 is 14.2 Å². The zero-order valence-corrected chi connectivity index (χ0v) is 13.8. The average molecular weight is 314 g/mol. The zero-order chi connectivity index (χ0) is 16.4. The summed E-state index contributed by atoms with van der Waals surface area (Å²) in [6.45, 7) is 5.76. The predicted molar refractivity (Wildman–Crippen MR) is 86.8 cm³/mol. The number of aryl methyl sites for hydroxylation is 2. The Bertz CT molecular complexity index is 700. The number of ether oxygens (including phenoxy) is 1. The van der Waals surface area contributed by atoms with E-state index in [1.54, 1.807) is 6.07 Å². The van der Waals surface area contributed by atoms with E-state index in [-0.39, 0.29) is 11.7 Å². The second-order valence-corrected chi connectivity index (χ2v) is 6.16. The summed E-state index contributed by atoms with van der Waals surface area (Å²) in [5.41, 5.74) is 4.04. The van der Waals surface area contributed by atoms with Crippen LogP contribution in [0, 0.1) is 13.8 Å². The molecule has 2 aromatic rings. The number of aromatic nitrogens is 1. The van der Waals surface area contributed by atoms with Crippen LogP contribution in [0.5, 0.6) is 5.88 Å². The Kier molecular flexibility index (Phi) is 4.37. The quantitative estimate of drug-likeness (QED) is 0.872. The van der Waals surface area contributed by atoms with Gasteiger partial charge in [-0.05, 0) is 48.9 Å². The number of nitrogens with zero attached hydrogens (tertiary/aromatic N) is 2. The normalized spacial score (nSPS) is 15.7. The van der Waals surface area contributed by atoms with E-state index >= 15 is 0 Å². The fourth-order valence-corrected chi connectivity index (χ4v) is 3.21. The molecule has 0 atom stereocenters. The molecule has 1 aliphatic heterocycles. The molecule has 0 radical (unpaired) electrons. The molecule has 3 rings (SSSR count). The van der Waals surface area contributed by atoms with Crippen molar-refractivity contribution in [1.82, 2.24) is 10.1 Å². The SMILES string of the molecule is COc1cc(C(=O)N2CCC(c3cc(C)ccc3C)CC2)on1. The fourth-order valence-electron chi connectivity index (χ4n) is 3.21. The third kappa shape index (κ3) is 3.23. The first-order valence-corrected chi connectivity index (χ1v) is 7.95. The number of hydrogen-bond acceptors (Lipinski definition) is 4. The number of benzene rings is 1. The molecular formula is C18H22N2O3. The number of rotatable bonds is 3. The summed E-state index contributed by atoms with van der Waals surface area (Å²) in [6.07, 6.45) is 1.95. The van der Waals surface area contributed by atoms with Gasteiger partial charge in [0, 0.05) is 13.1 Å². The molecule has 1 amide bonds. The topological polar surface area (TPSA) is 55.6 Å². The van der Waals surface area contributed by atoms with E-state index in [9.17, 15) is 4.79 Å². The molecule has 1 aromatic carbocycles. The fraction of sp³-hybridized carbons (Fsp3) is 0.444. The van der Waals surface area contributed by atoms with Crippen LogP contribution < -0.4 is 4.74 Å². The average Bonchev–Trinajstić information content (AvgIpc) is 3.06. The lowest BCUT2D eigenvalue weighted by Gasteiger charge is -2.32. The molecule has 1 aromatic heterocycles. The summed E-state index contributed by atoms with van der Waals surface area (Å²) in [4.78, 5) is 14.3. The van der Waals surface area contributed by atoms with Gasteiger partial charge in [0.2, 0.25) is 5.76 Å². The first-order chi connectivity index (χ1) is 11.1. The minimum Gasteiger partial charge on any atom is -0.479 e. The van der Waals surface area contributed by atoms with Crippen LogP contribution in [-0.2, 0) is 0 Å². The Morgan fingerprint density at radius 1 is 1.26 bits per heavy atom. The van der Waals surface area contributed by atoms with Crippen molar-refractivity contribution in [1.29, 1.82) is 0 Å². The van der Waals surface area contributed by atoms with Crippen LogP contribution in [0.4, 0.5) is 0 Å². The minimum atomic E-state index is -0.111. The van der Waals surface area contributed by atoms with Crippen molar-refractivity contribution in [2.75, 3.05) is 20.2 Å². The van der Waals surface area contributed by atoms with Gasteiger partial charge in [0.1, 0.15) is 0 Å². The minimum absolute atomic E-state index is 0.111. The van der Waals surface area contributed by atoms with Crippen molar-refractivity contribution in [3.8, 4) is 5.88 Å². The van der Waals surface area contributed by atoms with Crippen molar-refractivity contribution in [2.24, 2.45) is 0 Å². The van der Waals surface area contributed by atoms with Crippen LogP contribution >= 0.6 is 0 Å².